The summed E-state index contributed by atoms with van der Waals surface area (Å²) in [6.45, 7) is 3.66. The van der Waals surface area contributed by atoms with Crippen molar-refractivity contribution < 1.29 is 14.3 Å². The van der Waals surface area contributed by atoms with E-state index in [2.05, 4.69) is 5.32 Å². The maximum absolute atomic E-state index is 12.1. The number of anilines is 1. The molecule has 2 aromatic rings. The molecule has 0 bridgehead atoms. The van der Waals surface area contributed by atoms with Crippen LogP contribution in [0.2, 0.25) is 0 Å². The SMILES string of the molecule is CCOC(=O)c1sc(NC(=O)CCc2ccccc2)c(C#N)c1C. The predicted molar refractivity (Wildman–Crippen MR) is 93.1 cm³/mol. The molecule has 0 aliphatic heterocycles. The Kier molecular flexibility index (Phi) is 6.10. The molecule has 0 atom stereocenters. The molecule has 0 aliphatic carbocycles. The number of aryl methyl sites for hydroxylation is 1. The molecule has 0 unspecified atom stereocenters. The molecule has 2 rings (SSSR count). The lowest BCUT2D eigenvalue weighted by molar-refractivity contribution is -0.116. The van der Waals surface area contributed by atoms with E-state index in [0.717, 1.165) is 16.9 Å². The maximum atomic E-state index is 12.1. The van der Waals surface area contributed by atoms with Crippen molar-refractivity contribution in [3.8, 4) is 6.07 Å². The highest BCUT2D eigenvalue weighted by Gasteiger charge is 2.22. The van der Waals surface area contributed by atoms with Gasteiger partial charge in [-0.05, 0) is 31.4 Å². The number of thiophene rings is 1. The largest absolute Gasteiger partial charge is 0.462 e. The number of ether oxygens (including phenoxy) is 1. The Balaban J connectivity index is 2.08. The maximum Gasteiger partial charge on any atom is 0.348 e. The summed E-state index contributed by atoms with van der Waals surface area (Å²) in [6, 6.07) is 11.7. The number of hydrogen-bond acceptors (Lipinski definition) is 5. The normalized spacial score (nSPS) is 10.0. The molecular formula is C18H18N2O3S. The molecule has 0 saturated carbocycles. The van der Waals surface area contributed by atoms with E-state index >= 15 is 0 Å². The van der Waals surface area contributed by atoms with Crippen LogP contribution in [0.5, 0.6) is 0 Å². The van der Waals surface area contributed by atoms with E-state index in [1.54, 1.807) is 13.8 Å². The van der Waals surface area contributed by atoms with Crippen LogP contribution in [0.4, 0.5) is 5.00 Å². The number of amides is 1. The molecule has 0 radical (unpaired) electrons. The number of esters is 1. The second-order valence-corrected chi connectivity index (χ2v) is 6.15. The lowest BCUT2D eigenvalue weighted by Gasteiger charge is -2.03. The highest BCUT2D eigenvalue weighted by molar-refractivity contribution is 7.18. The summed E-state index contributed by atoms with van der Waals surface area (Å²) in [7, 11) is 0. The summed E-state index contributed by atoms with van der Waals surface area (Å²) in [5.41, 5.74) is 1.93. The van der Waals surface area contributed by atoms with Gasteiger partial charge >= 0.3 is 5.97 Å². The van der Waals surface area contributed by atoms with Crippen molar-refractivity contribution in [1.82, 2.24) is 0 Å². The smallest absolute Gasteiger partial charge is 0.348 e. The Bertz CT molecular complexity index is 776. The molecule has 1 N–H and O–H groups in total. The van der Waals surface area contributed by atoms with E-state index in [1.165, 1.54) is 0 Å². The predicted octanol–water partition coefficient (Wildman–Crippen LogP) is 3.68. The molecule has 124 valence electrons. The minimum atomic E-state index is -0.471. The monoisotopic (exact) mass is 342 g/mol. The van der Waals surface area contributed by atoms with Gasteiger partial charge in [-0.3, -0.25) is 4.79 Å². The van der Waals surface area contributed by atoms with Crippen LogP contribution in [-0.4, -0.2) is 18.5 Å². The third-order valence-electron chi connectivity index (χ3n) is 3.46. The number of nitrogens with one attached hydrogen (secondary N) is 1. The summed E-state index contributed by atoms with van der Waals surface area (Å²) in [5.74, 6) is -0.659. The molecule has 1 aromatic heterocycles. The molecule has 1 heterocycles. The molecule has 1 aromatic carbocycles. The first-order valence-corrected chi connectivity index (χ1v) is 8.42. The minimum absolute atomic E-state index is 0.188. The Labute approximate surface area is 144 Å². The molecule has 0 saturated heterocycles. The van der Waals surface area contributed by atoms with Gasteiger partial charge in [0, 0.05) is 6.42 Å². The summed E-state index contributed by atoms with van der Waals surface area (Å²) in [6.07, 6.45) is 0.921. The lowest BCUT2D eigenvalue weighted by Crippen LogP contribution is -2.12. The number of nitriles is 1. The molecule has 1 amide bonds. The lowest BCUT2D eigenvalue weighted by atomic mass is 10.1. The fraction of sp³-hybridized carbons (Fsp3) is 0.278. The zero-order valence-electron chi connectivity index (χ0n) is 13.6. The molecule has 0 spiro atoms. The van der Waals surface area contributed by atoms with Gasteiger partial charge in [0.1, 0.15) is 15.9 Å². The Morgan fingerprint density at radius 1 is 1.29 bits per heavy atom. The first kappa shape index (κ1) is 17.7. The van der Waals surface area contributed by atoms with Crippen LogP contribution in [-0.2, 0) is 16.0 Å². The van der Waals surface area contributed by atoms with E-state index < -0.39 is 5.97 Å². The van der Waals surface area contributed by atoms with Gasteiger partial charge in [0.15, 0.2) is 0 Å². The second kappa shape index (κ2) is 8.27. The van der Waals surface area contributed by atoms with Crippen LogP contribution in [0, 0.1) is 18.3 Å². The average Bonchev–Trinajstić information content (AvgIpc) is 2.89. The fourth-order valence-corrected chi connectivity index (χ4v) is 3.29. The van der Waals surface area contributed by atoms with Crippen molar-refractivity contribution in [3.63, 3.8) is 0 Å². The van der Waals surface area contributed by atoms with E-state index in [1.807, 2.05) is 36.4 Å². The number of rotatable bonds is 6. The van der Waals surface area contributed by atoms with Crippen LogP contribution in [0.25, 0.3) is 0 Å². The summed E-state index contributed by atoms with van der Waals surface area (Å²) in [5, 5.41) is 12.4. The van der Waals surface area contributed by atoms with Crippen LogP contribution in [0.1, 0.15) is 39.7 Å². The number of carbonyl (C=O) groups is 2. The highest BCUT2D eigenvalue weighted by Crippen LogP contribution is 2.33. The zero-order chi connectivity index (χ0) is 17.5. The standard InChI is InChI=1S/C18H18N2O3S/c1-3-23-18(22)16-12(2)14(11-19)17(24-16)20-15(21)10-9-13-7-5-4-6-8-13/h4-8H,3,9-10H2,1-2H3,(H,20,21). The van der Waals surface area contributed by atoms with Gasteiger partial charge in [0.05, 0.1) is 12.2 Å². The quantitative estimate of drug-likeness (QED) is 0.812. The molecule has 6 heteroatoms. The van der Waals surface area contributed by atoms with Crippen molar-refractivity contribution >= 4 is 28.2 Å². The minimum Gasteiger partial charge on any atom is -0.462 e. The average molecular weight is 342 g/mol. The van der Waals surface area contributed by atoms with Crippen LogP contribution < -0.4 is 5.32 Å². The third-order valence-corrected chi connectivity index (χ3v) is 4.64. The third kappa shape index (κ3) is 4.21. The van der Waals surface area contributed by atoms with Crippen LogP contribution in [0.3, 0.4) is 0 Å². The van der Waals surface area contributed by atoms with Crippen molar-refractivity contribution in [2.45, 2.75) is 26.7 Å². The van der Waals surface area contributed by atoms with Gasteiger partial charge in [-0.25, -0.2) is 4.79 Å². The summed E-state index contributed by atoms with van der Waals surface area (Å²) >= 11 is 1.08. The van der Waals surface area contributed by atoms with Crippen molar-refractivity contribution in [1.29, 1.82) is 5.26 Å². The van der Waals surface area contributed by atoms with Gasteiger partial charge in [0.2, 0.25) is 5.91 Å². The van der Waals surface area contributed by atoms with E-state index in [4.69, 9.17) is 4.74 Å². The number of benzene rings is 1. The molecule has 0 aliphatic rings. The number of hydrogen-bond donors (Lipinski definition) is 1. The molecule has 5 nitrogen and oxygen atoms in total. The first-order valence-electron chi connectivity index (χ1n) is 7.61. The number of nitrogens with zero attached hydrogens (tertiary/aromatic N) is 1. The fourth-order valence-electron chi connectivity index (χ4n) is 2.22. The van der Waals surface area contributed by atoms with E-state index in [-0.39, 0.29) is 12.5 Å². The van der Waals surface area contributed by atoms with Gasteiger partial charge in [-0.15, -0.1) is 11.3 Å². The Hall–Kier alpha value is -2.65. The van der Waals surface area contributed by atoms with Crippen molar-refractivity contribution in [3.05, 3.63) is 51.9 Å². The Morgan fingerprint density at radius 2 is 2.00 bits per heavy atom. The molecular weight excluding hydrogens is 324 g/mol. The molecule has 0 fully saturated rings. The zero-order valence-corrected chi connectivity index (χ0v) is 14.4. The molecule has 24 heavy (non-hydrogen) atoms. The van der Waals surface area contributed by atoms with Gasteiger partial charge < -0.3 is 10.1 Å². The van der Waals surface area contributed by atoms with Gasteiger partial charge in [0.25, 0.3) is 0 Å². The summed E-state index contributed by atoms with van der Waals surface area (Å²) < 4.78 is 4.98. The summed E-state index contributed by atoms with van der Waals surface area (Å²) in [4.78, 5) is 24.4. The highest BCUT2D eigenvalue weighted by atomic mass is 32.1. The van der Waals surface area contributed by atoms with Crippen molar-refractivity contribution in [2.75, 3.05) is 11.9 Å². The number of carbonyl (C=O) groups excluding carboxylic acids is 2. The van der Waals surface area contributed by atoms with Crippen LogP contribution in [0.15, 0.2) is 30.3 Å². The topological polar surface area (TPSA) is 79.2 Å². The second-order valence-electron chi connectivity index (χ2n) is 5.13. The van der Waals surface area contributed by atoms with Gasteiger partial charge in [-0.2, -0.15) is 5.26 Å². The Morgan fingerprint density at radius 3 is 2.62 bits per heavy atom. The van der Waals surface area contributed by atoms with Crippen LogP contribution >= 0.6 is 11.3 Å². The first-order chi connectivity index (χ1) is 11.6. The van der Waals surface area contributed by atoms with Crippen molar-refractivity contribution in [2.24, 2.45) is 0 Å². The van der Waals surface area contributed by atoms with E-state index in [0.29, 0.717) is 33.8 Å². The van der Waals surface area contributed by atoms with E-state index in [9.17, 15) is 14.9 Å². The van der Waals surface area contributed by atoms with Gasteiger partial charge in [-0.1, -0.05) is 30.3 Å².